The van der Waals surface area contributed by atoms with Crippen LogP contribution in [0.4, 0.5) is 24.5 Å². The average Bonchev–Trinajstić information content (AvgIpc) is 2.66. The molecule has 0 unspecified atom stereocenters. The smallest absolute Gasteiger partial charge is 0.416 e. The molecule has 2 N–H and O–H groups in total. The van der Waals surface area contributed by atoms with Crippen molar-refractivity contribution in [2.45, 2.75) is 32.9 Å². The van der Waals surface area contributed by atoms with Crippen LogP contribution in [0.1, 0.15) is 42.6 Å². The van der Waals surface area contributed by atoms with E-state index in [0.717, 1.165) is 24.3 Å². The first-order valence-corrected chi connectivity index (χ1v) is 9.15. The SMILES string of the molecule is CCCC(=O)Nc1ccc(OCC(=O)Nc2ccc(C(F)(F)F)cc2)c(C(C)=O)c1. The van der Waals surface area contributed by atoms with Crippen LogP contribution >= 0.6 is 0 Å². The first kappa shape index (κ1) is 22.9. The largest absolute Gasteiger partial charge is 0.483 e. The summed E-state index contributed by atoms with van der Waals surface area (Å²) in [4.78, 5) is 35.6. The molecule has 0 aromatic heterocycles. The third-order valence-corrected chi connectivity index (χ3v) is 3.97. The number of halogens is 3. The van der Waals surface area contributed by atoms with Crippen molar-refractivity contribution in [3.8, 4) is 5.75 Å². The Bertz CT molecular complexity index is 925. The Morgan fingerprint density at radius 1 is 0.933 bits per heavy atom. The van der Waals surface area contributed by atoms with Crippen molar-refractivity contribution >= 4 is 29.0 Å². The summed E-state index contributed by atoms with van der Waals surface area (Å²) in [7, 11) is 0. The minimum atomic E-state index is -4.46. The minimum absolute atomic E-state index is 0.151. The van der Waals surface area contributed by atoms with Crippen molar-refractivity contribution in [3.05, 3.63) is 53.6 Å². The fourth-order valence-corrected chi connectivity index (χ4v) is 2.54. The molecule has 0 heterocycles. The molecule has 9 heteroatoms. The summed E-state index contributed by atoms with van der Waals surface area (Å²) in [5.74, 6) is -0.959. The third-order valence-electron chi connectivity index (χ3n) is 3.97. The van der Waals surface area contributed by atoms with Gasteiger partial charge in [-0.25, -0.2) is 0 Å². The summed E-state index contributed by atoms with van der Waals surface area (Å²) < 4.78 is 43.1. The zero-order valence-electron chi connectivity index (χ0n) is 16.4. The van der Waals surface area contributed by atoms with Crippen LogP contribution in [-0.2, 0) is 15.8 Å². The van der Waals surface area contributed by atoms with E-state index in [1.807, 2.05) is 6.92 Å². The van der Waals surface area contributed by atoms with Gasteiger partial charge in [-0.3, -0.25) is 14.4 Å². The lowest BCUT2D eigenvalue weighted by atomic mass is 10.1. The predicted molar refractivity (Wildman–Crippen MR) is 106 cm³/mol. The number of benzene rings is 2. The van der Waals surface area contributed by atoms with Gasteiger partial charge in [0, 0.05) is 17.8 Å². The number of ketones is 1. The highest BCUT2D eigenvalue weighted by molar-refractivity contribution is 5.99. The van der Waals surface area contributed by atoms with Gasteiger partial charge in [0.25, 0.3) is 5.91 Å². The number of carbonyl (C=O) groups excluding carboxylic acids is 3. The van der Waals surface area contributed by atoms with Crippen molar-refractivity contribution in [2.24, 2.45) is 0 Å². The zero-order chi connectivity index (χ0) is 22.3. The second-order valence-corrected chi connectivity index (χ2v) is 6.48. The van der Waals surface area contributed by atoms with Crippen LogP contribution in [0.5, 0.6) is 5.75 Å². The Labute approximate surface area is 171 Å². The molecule has 2 aromatic carbocycles. The van der Waals surface area contributed by atoms with Gasteiger partial charge in [0.2, 0.25) is 5.91 Å². The predicted octanol–water partition coefficient (Wildman–Crippen LogP) is 4.66. The number of ether oxygens (including phenoxy) is 1. The first-order valence-electron chi connectivity index (χ1n) is 9.15. The van der Waals surface area contributed by atoms with Crippen LogP contribution in [0.15, 0.2) is 42.5 Å². The number of carbonyl (C=O) groups is 3. The molecular formula is C21H21F3N2O4. The van der Waals surface area contributed by atoms with E-state index in [9.17, 15) is 27.6 Å². The Morgan fingerprint density at radius 3 is 2.10 bits per heavy atom. The molecule has 0 saturated carbocycles. The van der Waals surface area contributed by atoms with E-state index in [-0.39, 0.29) is 28.7 Å². The molecule has 6 nitrogen and oxygen atoms in total. The van der Waals surface area contributed by atoms with Gasteiger partial charge in [-0.1, -0.05) is 6.92 Å². The van der Waals surface area contributed by atoms with Gasteiger partial charge in [0.05, 0.1) is 11.1 Å². The second kappa shape index (κ2) is 9.91. The van der Waals surface area contributed by atoms with Crippen LogP contribution in [-0.4, -0.2) is 24.2 Å². The highest BCUT2D eigenvalue weighted by atomic mass is 19.4. The van der Waals surface area contributed by atoms with Crippen LogP contribution in [0, 0.1) is 0 Å². The summed E-state index contributed by atoms with van der Waals surface area (Å²) in [6.45, 7) is 2.73. The van der Waals surface area contributed by atoms with Gasteiger partial charge < -0.3 is 15.4 Å². The summed E-state index contributed by atoms with van der Waals surface area (Å²) in [6.07, 6.45) is -3.44. The highest BCUT2D eigenvalue weighted by Gasteiger charge is 2.30. The molecule has 2 rings (SSSR count). The Morgan fingerprint density at radius 2 is 1.53 bits per heavy atom. The minimum Gasteiger partial charge on any atom is -0.483 e. The van der Waals surface area contributed by atoms with Crippen molar-refractivity contribution in [2.75, 3.05) is 17.2 Å². The number of alkyl halides is 3. The quantitative estimate of drug-likeness (QED) is 0.606. The number of hydrogen-bond donors (Lipinski definition) is 2. The van der Waals surface area contributed by atoms with E-state index in [2.05, 4.69) is 10.6 Å². The fourth-order valence-electron chi connectivity index (χ4n) is 2.54. The first-order chi connectivity index (χ1) is 14.1. The third kappa shape index (κ3) is 6.61. The van der Waals surface area contributed by atoms with Crippen molar-refractivity contribution in [1.29, 1.82) is 0 Å². The molecule has 0 radical (unpaired) electrons. The molecule has 2 amide bonds. The second-order valence-electron chi connectivity index (χ2n) is 6.48. The molecule has 0 fully saturated rings. The van der Waals surface area contributed by atoms with Gasteiger partial charge in [0.15, 0.2) is 12.4 Å². The van der Waals surface area contributed by atoms with Crippen LogP contribution < -0.4 is 15.4 Å². The van der Waals surface area contributed by atoms with Gasteiger partial charge in [-0.05, 0) is 55.8 Å². The number of nitrogens with one attached hydrogen (secondary N) is 2. The van der Waals surface area contributed by atoms with Crippen LogP contribution in [0.2, 0.25) is 0 Å². The van der Waals surface area contributed by atoms with Crippen molar-refractivity contribution in [1.82, 2.24) is 0 Å². The van der Waals surface area contributed by atoms with Gasteiger partial charge in [0.1, 0.15) is 5.75 Å². The lowest BCUT2D eigenvalue weighted by molar-refractivity contribution is -0.137. The molecule has 0 bridgehead atoms. The van der Waals surface area contributed by atoms with Crippen molar-refractivity contribution < 1.29 is 32.3 Å². The number of amides is 2. The molecule has 0 aliphatic rings. The topological polar surface area (TPSA) is 84.5 Å². The van der Waals surface area contributed by atoms with E-state index in [4.69, 9.17) is 4.74 Å². The highest BCUT2D eigenvalue weighted by Crippen LogP contribution is 2.30. The molecule has 2 aromatic rings. The molecule has 0 aliphatic heterocycles. The van der Waals surface area contributed by atoms with Crippen LogP contribution in [0.25, 0.3) is 0 Å². The number of anilines is 2. The maximum absolute atomic E-state index is 12.6. The molecular weight excluding hydrogens is 401 g/mol. The normalized spacial score (nSPS) is 11.0. The van der Waals surface area contributed by atoms with E-state index in [1.54, 1.807) is 6.07 Å². The summed E-state index contributed by atoms with van der Waals surface area (Å²) in [5, 5.41) is 5.09. The molecule has 0 spiro atoms. The van der Waals surface area contributed by atoms with Gasteiger partial charge in [-0.2, -0.15) is 13.2 Å². The lowest BCUT2D eigenvalue weighted by Gasteiger charge is -2.13. The van der Waals surface area contributed by atoms with Gasteiger partial charge in [-0.15, -0.1) is 0 Å². The molecule has 0 atom stereocenters. The Balaban J connectivity index is 2.01. The van der Waals surface area contributed by atoms with E-state index >= 15 is 0 Å². The van der Waals surface area contributed by atoms with E-state index in [1.165, 1.54) is 19.1 Å². The Kier molecular flexibility index (Phi) is 7.57. The van der Waals surface area contributed by atoms with Crippen molar-refractivity contribution in [3.63, 3.8) is 0 Å². The molecule has 160 valence electrons. The standard InChI is InChI=1S/C21H21F3N2O4/c1-3-4-19(28)26-16-9-10-18(17(11-16)13(2)27)30-12-20(29)25-15-7-5-14(6-8-15)21(22,23)24/h5-11H,3-4,12H2,1-2H3,(H,25,29)(H,26,28). The zero-order valence-corrected chi connectivity index (χ0v) is 16.4. The average molecular weight is 422 g/mol. The maximum Gasteiger partial charge on any atom is 0.416 e. The lowest BCUT2D eigenvalue weighted by Crippen LogP contribution is -2.21. The molecule has 0 saturated heterocycles. The summed E-state index contributed by atoms with van der Waals surface area (Å²) in [5.41, 5.74) is -0.0295. The van der Waals surface area contributed by atoms with Crippen LogP contribution in [0.3, 0.4) is 0 Å². The monoisotopic (exact) mass is 422 g/mol. The summed E-state index contributed by atoms with van der Waals surface area (Å²) in [6, 6.07) is 8.45. The van der Waals surface area contributed by atoms with E-state index < -0.39 is 24.3 Å². The van der Waals surface area contributed by atoms with E-state index in [0.29, 0.717) is 18.5 Å². The fraction of sp³-hybridized carbons (Fsp3) is 0.286. The number of Topliss-reactive ketones (excluding diaryl/α,β-unsaturated/α-hetero) is 1. The summed E-state index contributed by atoms with van der Waals surface area (Å²) >= 11 is 0. The Hall–Kier alpha value is -3.36. The molecule has 0 aliphatic carbocycles. The number of hydrogen-bond acceptors (Lipinski definition) is 4. The number of rotatable bonds is 8. The van der Waals surface area contributed by atoms with Gasteiger partial charge >= 0.3 is 6.18 Å². The molecule has 30 heavy (non-hydrogen) atoms. The maximum atomic E-state index is 12.6.